The molecular formula is C18H18ClF4NO3S. The molecule has 10 heteroatoms. The summed E-state index contributed by atoms with van der Waals surface area (Å²) >= 11 is 7.15. The standard InChI is InChI=1S/C18H18ClF4NO3S/c1-10(18(21,22)23)7-17(27)24(12(3)26)15-9-16(13(19)8-14(15)20)28-6-4-5-11(2)25/h7-9H,4-6H2,1-3H3/b10-7+. The van der Waals surface area contributed by atoms with Crippen molar-refractivity contribution in [2.75, 3.05) is 10.7 Å². The minimum atomic E-state index is -4.76. The van der Waals surface area contributed by atoms with Crippen LogP contribution in [0.3, 0.4) is 0 Å². The average molecular weight is 440 g/mol. The maximum absolute atomic E-state index is 14.3. The van der Waals surface area contributed by atoms with Crippen LogP contribution >= 0.6 is 23.4 Å². The zero-order chi connectivity index (χ0) is 21.6. The highest BCUT2D eigenvalue weighted by Gasteiger charge is 2.32. The van der Waals surface area contributed by atoms with E-state index in [1.54, 1.807) is 0 Å². The average Bonchev–Trinajstić information content (AvgIpc) is 2.53. The van der Waals surface area contributed by atoms with Crippen LogP contribution in [0.25, 0.3) is 0 Å². The van der Waals surface area contributed by atoms with E-state index < -0.39 is 35.1 Å². The van der Waals surface area contributed by atoms with Gasteiger partial charge in [0.1, 0.15) is 11.6 Å². The third-order valence-corrected chi connectivity index (χ3v) is 5.06. The molecule has 1 aromatic rings. The van der Waals surface area contributed by atoms with E-state index >= 15 is 0 Å². The van der Waals surface area contributed by atoms with E-state index in [1.165, 1.54) is 18.7 Å². The Balaban J connectivity index is 3.22. The fraction of sp³-hybridized carbons (Fsp3) is 0.389. The topological polar surface area (TPSA) is 54.5 Å². The van der Waals surface area contributed by atoms with Crippen LogP contribution in [0, 0.1) is 5.82 Å². The molecule has 28 heavy (non-hydrogen) atoms. The van der Waals surface area contributed by atoms with Gasteiger partial charge in [0.15, 0.2) is 0 Å². The van der Waals surface area contributed by atoms with Crippen LogP contribution in [0.5, 0.6) is 0 Å². The Hall–Kier alpha value is -1.87. The number of thioether (sulfide) groups is 1. The highest BCUT2D eigenvalue weighted by molar-refractivity contribution is 7.99. The summed E-state index contributed by atoms with van der Waals surface area (Å²) in [6.07, 6.45) is -3.65. The van der Waals surface area contributed by atoms with E-state index in [0.717, 1.165) is 19.1 Å². The maximum Gasteiger partial charge on any atom is 0.412 e. The summed E-state index contributed by atoms with van der Waals surface area (Å²) in [7, 11) is 0. The van der Waals surface area contributed by atoms with E-state index in [2.05, 4.69) is 0 Å². The van der Waals surface area contributed by atoms with Gasteiger partial charge in [-0.15, -0.1) is 11.8 Å². The third-order valence-electron chi connectivity index (χ3n) is 3.50. The number of alkyl halides is 3. The number of benzene rings is 1. The molecule has 0 saturated carbocycles. The zero-order valence-electron chi connectivity index (χ0n) is 15.3. The van der Waals surface area contributed by atoms with Crippen LogP contribution in [0.4, 0.5) is 23.2 Å². The van der Waals surface area contributed by atoms with Gasteiger partial charge in [-0.1, -0.05) is 11.6 Å². The number of carbonyl (C=O) groups is 3. The van der Waals surface area contributed by atoms with Gasteiger partial charge in [0.2, 0.25) is 5.91 Å². The Morgan fingerprint density at radius 3 is 2.29 bits per heavy atom. The highest BCUT2D eigenvalue weighted by atomic mass is 35.5. The molecule has 0 aliphatic rings. The second kappa shape index (κ2) is 10.1. The molecule has 2 amide bonds. The van der Waals surface area contributed by atoms with Crippen molar-refractivity contribution in [3.05, 3.63) is 34.6 Å². The number of allylic oxidation sites excluding steroid dienone is 1. The van der Waals surface area contributed by atoms with Gasteiger partial charge in [-0.25, -0.2) is 9.29 Å². The number of nitrogens with zero attached hydrogens (tertiary/aromatic N) is 1. The first-order valence-corrected chi connectivity index (χ1v) is 9.42. The van der Waals surface area contributed by atoms with Gasteiger partial charge in [0, 0.05) is 29.9 Å². The molecule has 0 aliphatic carbocycles. The number of rotatable bonds is 7. The fourth-order valence-electron chi connectivity index (χ4n) is 2.08. The molecule has 4 nitrogen and oxygen atoms in total. The molecule has 0 aromatic heterocycles. The molecule has 0 heterocycles. The molecule has 0 unspecified atom stereocenters. The van der Waals surface area contributed by atoms with Crippen molar-refractivity contribution in [1.82, 2.24) is 0 Å². The minimum absolute atomic E-state index is 0.00617. The smallest absolute Gasteiger partial charge is 0.300 e. The lowest BCUT2D eigenvalue weighted by molar-refractivity contribution is -0.124. The van der Waals surface area contributed by atoms with Crippen LogP contribution in [0.15, 0.2) is 28.7 Å². The largest absolute Gasteiger partial charge is 0.412 e. The van der Waals surface area contributed by atoms with E-state index in [4.69, 9.17) is 11.6 Å². The molecule has 0 atom stereocenters. The van der Waals surface area contributed by atoms with Crippen molar-refractivity contribution in [2.24, 2.45) is 0 Å². The van der Waals surface area contributed by atoms with Gasteiger partial charge in [-0.05, 0) is 38.2 Å². The monoisotopic (exact) mass is 439 g/mol. The second-order valence-corrected chi connectivity index (χ2v) is 7.45. The number of hydrogen-bond acceptors (Lipinski definition) is 4. The minimum Gasteiger partial charge on any atom is -0.300 e. The number of halogens is 5. The molecule has 0 aliphatic heterocycles. The van der Waals surface area contributed by atoms with Crippen molar-refractivity contribution in [3.63, 3.8) is 0 Å². The zero-order valence-corrected chi connectivity index (χ0v) is 16.9. The first-order valence-electron chi connectivity index (χ1n) is 8.06. The number of hydrogen-bond donors (Lipinski definition) is 0. The number of Topliss-reactive ketones (excluding diaryl/α,β-unsaturated/α-hetero) is 1. The summed E-state index contributed by atoms with van der Waals surface area (Å²) in [5.74, 6) is -2.83. The molecule has 0 fully saturated rings. The maximum atomic E-state index is 14.3. The molecule has 0 N–H and O–H groups in total. The quantitative estimate of drug-likeness (QED) is 0.249. The molecule has 0 bridgehead atoms. The summed E-state index contributed by atoms with van der Waals surface area (Å²) in [6, 6.07) is 2.01. The fourth-order valence-corrected chi connectivity index (χ4v) is 3.29. The van der Waals surface area contributed by atoms with Crippen molar-refractivity contribution in [2.45, 2.75) is 44.7 Å². The molecule has 1 rings (SSSR count). The van der Waals surface area contributed by atoms with E-state index in [-0.39, 0.29) is 16.9 Å². The van der Waals surface area contributed by atoms with Crippen molar-refractivity contribution in [3.8, 4) is 0 Å². The van der Waals surface area contributed by atoms with Crippen LogP contribution in [-0.4, -0.2) is 29.5 Å². The number of imide groups is 1. The molecule has 0 spiro atoms. The molecular weight excluding hydrogens is 422 g/mol. The summed E-state index contributed by atoms with van der Waals surface area (Å²) < 4.78 is 52.3. The number of anilines is 1. The highest BCUT2D eigenvalue weighted by Crippen LogP contribution is 2.35. The number of ketones is 1. The van der Waals surface area contributed by atoms with Crippen LogP contribution in [-0.2, 0) is 14.4 Å². The molecule has 154 valence electrons. The summed E-state index contributed by atoms with van der Waals surface area (Å²) in [6.45, 7) is 3.05. The van der Waals surface area contributed by atoms with Crippen LogP contribution in [0.2, 0.25) is 5.02 Å². The van der Waals surface area contributed by atoms with Gasteiger partial charge >= 0.3 is 6.18 Å². The second-order valence-electron chi connectivity index (χ2n) is 5.91. The predicted octanol–water partition coefficient (Wildman–Crippen LogP) is 5.33. The summed E-state index contributed by atoms with van der Waals surface area (Å²) in [5.41, 5.74) is -1.72. The first-order chi connectivity index (χ1) is 12.8. The van der Waals surface area contributed by atoms with Crippen LogP contribution < -0.4 is 4.90 Å². The summed E-state index contributed by atoms with van der Waals surface area (Å²) in [5, 5.41) is 0.0204. The Bertz CT molecular complexity index is 809. The van der Waals surface area contributed by atoms with Crippen molar-refractivity contribution in [1.29, 1.82) is 0 Å². The van der Waals surface area contributed by atoms with Gasteiger partial charge < -0.3 is 4.79 Å². The van der Waals surface area contributed by atoms with Crippen molar-refractivity contribution < 1.29 is 31.9 Å². The lowest BCUT2D eigenvalue weighted by atomic mass is 10.2. The Kier molecular flexibility index (Phi) is 8.69. The van der Waals surface area contributed by atoms with Crippen molar-refractivity contribution >= 4 is 46.6 Å². The lowest BCUT2D eigenvalue weighted by Gasteiger charge is -2.20. The molecule has 1 aromatic carbocycles. The van der Waals surface area contributed by atoms with Crippen LogP contribution in [0.1, 0.15) is 33.6 Å². The van der Waals surface area contributed by atoms with E-state index in [9.17, 15) is 31.9 Å². The Morgan fingerprint density at radius 1 is 1.18 bits per heavy atom. The van der Waals surface area contributed by atoms with Gasteiger partial charge in [0.05, 0.1) is 10.7 Å². The first kappa shape index (κ1) is 24.2. The van der Waals surface area contributed by atoms with Gasteiger partial charge in [-0.2, -0.15) is 13.2 Å². The number of amides is 2. The summed E-state index contributed by atoms with van der Waals surface area (Å²) in [4.78, 5) is 35.7. The Morgan fingerprint density at radius 2 is 1.79 bits per heavy atom. The normalized spacial score (nSPS) is 12.1. The number of carbonyl (C=O) groups excluding carboxylic acids is 3. The molecule has 0 radical (unpaired) electrons. The lowest BCUT2D eigenvalue weighted by Crippen LogP contribution is -2.35. The van der Waals surface area contributed by atoms with Gasteiger partial charge in [-0.3, -0.25) is 9.59 Å². The molecule has 0 saturated heterocycles. The van der Waals surface area contributed by atoms with Gasteiger partial charge in [0.25, 0.3) is 5.91 Å². The van der Waals surface area contributed by atoms with E-state index in [1.807, 2.05) is 0 Å². The predicted molar refractivity (Wildman–Crippen MR) is 100 cm³/mol. The Labute approximate surface area is 168 Å². The SMILES string of the molecule is CC(=O)CCCSc1cc(N(C(C)=O)C(=O)/C=C(\C)C(F)(F)F)c(F)cc1Cl. The van der Waals surface area contributed by atoms with E-state index in [0.29, 0.717) is 35.3 Å². The third kappa shape index (κ3) is 6.94.